The van der Waals surface area contributed by atoms with Crippen molar-refractivity contribution in [1.29, 1.82) is 0 Å². The Morgan fingerprint density at radius 2 is 1.77 bits per heavy atom. The predicted molar refractivity (Wildman–Crippen MR) is 126 cm³/mol. The first kappa shape index (κ1) is 22.8. The van der Waals surface area contributed by atoms with E-state index in [1.165, 1.54) is 11.1 Å². The van der Waals surface area contributed by atoms with Gasteiger partial charge in [-0.2, -0.15) is 0 Å². The fourth-order valence-corrected chi connectivity index (χ4v) is 4.04. The Morgan fingerprint density at radius 1 is 1.03 bits per heavy atom. The number of ether oxygens (including phenoxy) is 1. The van der Waals surface area contributed by atoms with Gasteiger partial charge in [0.05, 0.1) is 12.5 Å². The lowest BCUT2D eigenvalue weighted by molar-refractivity contribution is -0.133. The molecule has 2 aromatic carbocycles. The normalized spacial score (nSPS) is 12.0. The minimum Gasteiger partial charge on any atom is -0.385 e. The Morgan fingerprint density at radius 3 is 2.48 bits per heavy atom. The zero-order chi connectivity index (χ0) is 22.1. The standard InChI is InChI=1S/C27H34N2O2/c1-4-26(23-13-6-5-7-14-23)27(30)29(18-11-19-31-3)21-25-16-10-17-28(25)20-24-15-9-8-12-22(24)2/h5-10,12-17,26H,4,11,18-21H2,1-3H3/t26-/m1/s1. The number of aromatic nitrogens is 1. The van der Waals surface area contributed by atoms with Crippen molar-refractivity contribution in [2.75, 3.05) is 20.3 Å². The molecule has 0 aliphatic rings. The van der Waals surface area contributed by atoms with E-state index in [0.717, 1.165) is 30.6 Å². The molecule has 1 heterocycles. The molecule has 0 bridgehead atoms. The predicted octanol–water partition coefficient (Wildman–Crippen LogP) is 5.40. The third-order valence-corrected chi connectivity index (χ3v) is 5.87. The van der Waals surface area contributed by atoms with E-state index in [1.54, 1.807) is 7.11 Å². The third kappa shape index (κ3) is 6.08. The van der Waals surface area contributed by atoms with Crippen LogP contribution in [0.4, 0.5) is 0 Å². The lowest BCUT2D eigenvalue weighted by Gasteiger charge is -2.28. The summed E-state index contributed by atoms with van der Waals surface area (Å²) in [5.74, 6) is 0.0666. The maximum Gasteiger partial charge on any atom is 0.230 e. The van der Waals surface area contributed by atoms with Crippen LogP contribution in [0.2, 0.25) is 0 Å². The first-order chi connectivity index (χ1) is 15.1. The van der Waals surface area contributed by atoms with Gasteiger partial charge in [-0.1, -0.05) is 61.5 Å². The molecule has 3 rings (SSSR count). The molecule has 0 aliphatic carbocycles. The van der Waals surface area contributed by atoms with Crippen molar-refractivity contribution in [3.63, 3.8) is 0 Å². The summed E-state index contributed by atoms with van der Waals surface area (Å²) in [7, 11) is 1.71. The molecular formula is C27H34N2O2. The molecule has 0 saturated carbocycles. The molecule has 0 N–H and O–H groups in total. The summed E-state index contributed by atoms with van der Waals surface area (Å²) in [5, 5.41) is 0. The largest absolute Gasteiger partial charge is 0.385 e. The quantitative estimate of drug-likeness (QED) is 0.391. The van der Waals surface area contributed by atoms with Gasteiger partial charge in [-0.25, -0.2) is 0 Å². The number of aryl methyl sites for hydroxylation is 1. The van der Waals surface area contributed by atoms with E-state index in [2.05, 4.69) is 73.1 Å². The van der Waals surface area contributed by atoms with Gasteiger partial charge in [0, 0.05) is 38.7 Å². The molecule has 0 radical (unpaired) electrons. The van der Waals surface area contributed by atoms with Crippen LogP contribution in [0.25, 0.3) is 0 Å². The van der Waals surface area contributed by atoms with Gasteiger partial charge in [-0.3, -0.25) is 4.79 Å². The molecule has 0 unspecified atom stereocenters. The fraction of sp³-hybridized carbons (Fsp3) is 0.370. The number of benzene rings is 2. The Balaban J connectivity index is 1.81. The second-order valence-electron chi connectivity index (χ2n) is 8.03. The summed E-state index contributed by atoms with van der Waals surface area (Å²) in [4.78, 5) is 15.6. The second kappa shape index (κ2) is 11.5. The van der Waals surface area contributed by atoms with E-state index in [9.17, 15) is 4.79 Å². The van der Waals surface area contributed by atoms with Crippen molar-refractivity contribution in [2.45, 2.75) is 45.7 Å². The summed E-state index contributed by atoms with van der Waals surface area (Å²) < 4.78 is 7.50. The highest BCUT2D eigenvalue weighted by atomic mass is 16.5. The van der Waals surface area contributed by atoms with Gasteiger partial charge >= 0.3 is 0 Å². The topological polar surface area (TPSA) is 34.5 Å². The molecule has 1 atom stereocenters. The fourth-order valence-electron chi connectivity index (χ4n) is 4.04. The maximum atomic E-state index is 13.6. The van der Waals surface area contributed by atoms with Crippen LogP contribution in [0, 0.1) is 6.92 Å². The number of amides is 1. The van der Waals surface area contributed by atoms with Crippen LogP contribution >= 0.6 is 0 Å². The monoisotopic (exact) mass is 418 g/mol. The lowest BCUT2D eigenvalue weighted by atomic mass is 9.95. The zero-order valence-corrected chi connectivity index (χ0v) is 19.0. The van der Waals surface area contributed by atoms with Gasteiger partial charge in [-0.05, 0) is 48.6 Å². The van der Waals surface area contributed by atoms with Gasteiger partial charge in [0.1, 0.15) is 0 Å². The summed E-state index contributed by atoms with van der Waals surface area (Å²) in [6, 6.07) is 22.8. The number of nitrogens with zero attached hydrogens (tertiary/aromatic N) is 2. The number of rotatable bonds is 11. The summed E-state index contributed by atoms with van der Waals surface area (Å²) >= 11 is 0. The second-order valence-corrected chi connectivity index (χ2v) is 8.03. The average molecular weight is 419 g/mol. The van der Waals surface area contributed by atoms with E-state index >= 15 is 0 Å². The Kier molecular flexibility index (Phi) is 8.48. The first-order valence-electron chi connectivity index (χ1n) is 11.1. The van der Waals surface area contributed by atoms with Gasteiger partial charge in [0.15, 0.2) is 0 Å². The molecule has 4 nitrogen and oxygen atoms in total. The molecule has 4 heteroatoms. The van der Waals surface area contributed by atoms with E-state index < -0.39 is 0 Å². The number of carbonyl (C=O) groups excluding carboxylic acids is 1. The van der Waals surface area contributed by atoms with Crippen LogP contribution in [-0.2, 0) is 22.6 Å². The van der Waals surface area contributed by atoms with Crippen molar-refractivity contribution < 1.29 is 9.53 Å². The zero-order valence-electron chi connectivity index (χ0n) is 19.0. The average Bonchev–Trinajstić information content (AvgIpc) is 3.22. The molecule has 0 spiro atoms. The molecule has 1 aromatic heterocycles. The van der Waals surface area contributed by atoms with Crippen LogP contribution < -0.4 is 0 Å². The number of carbonyl (C=O) groups is 1. The maximum absolute atomic E-state index is 13.6. The highest BCUT2D eigenvalue weighted by Crippen LogP contribution is 2.24. The van der Waals surface area contributed by atoms with Gasteiger partial charge in [0.25, 0.3) is 0 Å². The molecule has 0 fully saturated rings. The van der Waals surface area contributed by atoms with E-state index in [4.69, 9.17) is 4.74 Å². The highest BCUT2D eigenvalue weighted by Gasteiger charge is 2.25. The molecule has 31 heavy (non-hydrogen) atoms. The van der Waals surface area contributed by atoms with Crippen LogP contribution in [0.3, 0.4) is 0 Å². The molecule has 0 aliphatic heterocycles. The Hall–Kier alpha value is -2.85. The van der Waals surface area contributed by atoms with Crippen molar-refractivity contribution in [1.82, 2.24) is 9.47 Å². The summed E-state index contributed by atoms with van der Waals surface area (Å²) in [6.45, 7) is 6.98. The van der Waals surface area contributed by atoms with Crippen molar-refractivity contribution in [3.8, 4) is 0 Å². The third-order valence-electron chi connectivity index (χ3n) is 5.87. The van der Waals surface area contributed by atoms with Gasteiger partial charge < -0.3 is 14.2 Å². The summed E-state index contributed by atoms with van der Waals surface area (Å²) in [6.07, 6.45) is 3.72. The Labute approximate surface area is 186 Å². The molecule has 1 amide bonds. The van der Waals surface area contributed by atoms with Gasteiger partial charge in [0.2, 0.25) is 5.91 Å². The summed E-state index contributed by atoms with van der Waals surface area (Å²) in [5.41, 5.74) is 4.82. The Bertz CT molecular complexity index is 949. The van der Waals surface area contributed by atoms with Gasteiger partial charge in [-0.15, -0.1) is 0 Å². The first-order valence-corrected chi connectivity index (χ1v) is 11.1. The molecule has 3 aromatic rings. The number of methoxy groups -OCH3 is 1. The molecule has 164 valence electrons. The lowest BCUT2D eigenvalue weighted by Crippen LogP contribution is -2.36. The number of hydrogen-bond acceptors (Lipinski definition) is 2. The van der Waals surface area contributed by atoms with Crippen LogP contribution in [0.5, 0.6) is 0 Å². The van der Waals surface area contributed by atoms with E-state index in [0.29, 0.717) is 19.7 Å². The minimum absolute atomic E-state index is 0.122. The highest BCUT2D eigenvalue weighted by molar-refractivity contribution is 5.83. The SMILES string of the molecule is CC[C@@H](C(=O)N(CCCOC)Cc1cccn1Cc1ccccc1C)c1ccccc1. The number of hydrogen-bond donors (Lipinski definition) is 0. The smallest absolute Gasteiger partial charge is 0.230 e. The van der Waals surface area contributed by atoms with Crippen molar-refractivity contribution in [2.24, 2.45) is 0 Å². The molecule has 0 saturated heterocycles. The van der Waals surface area contributed by atoms with E-state index in [1.807, 2.05) is 23.1 Å². The molecular weight excluding hydrogens is 384 g/mol. The van der Waals surface area contributed by atoms with Crippen molar-refractivity contribution in [3.05, 3.63) is 95.3 Å². The van der Waals surface area contributed by atoms with Crippen LogP contribution in [0.1, 0.15) is 48.1 Å². The van der Waals surface area contributed by atoms with Crippen molar-refractivity contribution >= 4 is 5.91 Å². The minimum atomic E-state index is -0.122. The van der Waals surface area contributed by atoms with Crippen LogP contribution in [0.15, 0.2) is 72.9 Å². The van der Waals surface area contributed by atoms with Crippen LogP contribution in [-0.4, -0.2) is 35.6 Å². The van der Waals surface area contributed by atoms with E-state index in [-0.39, 0.29) is 11.8 Å².